The van der Waals surface area contributed by atoms with E-state index in [4.69, 9.17) is 26.8 Å². The third kappa shape index (κ3) is 3.59. The summed E-state index contributed by atoms with van der Waals surface area (Å²) < 4.78 is 10.6. The number of amides is 2. The number of halogens is 1. The number of nitrogens with two attached hydrogens (primary N) is 1. The van der Waals surface area contributed by atoms with E-state index in [0.717, 1.165) is 37.0 Å². The fourth-order valence-corrected chi connectivity index (χ4v) is 5.98. The second kappa shape index (κ2) is 6.89. The molecule has 1 aromatic rings. The zero-order valence-electron chi connectivity index (χ0n) is 15.4. The van der Waals surface area contributed by atoms with Crippen molar-refractivity contribution in [2.75, 3.05) is 13.7 Å². The van der Waals surface area contributed by atoms with Crippen LogP contribution in [0.15, 0.2) is 12.1 Å². The average molecular weight is 393 g/mol. The smallest absolute Gasteiger partial charge is 0.255 e. The number of hydrogen-bond acceptors (Lipinski definition) is 4. The van der Waals surface area contributed by atoms with Gasteiger partial charge in [-0.2, -0.15) is 0 Å². The molecular weight excluding hydrogens is 368 g/mol. The number of carbonyl (C=O) groups excluding carboxylic acids is 2. The van der Waals surface area contributed by atoms with Crippen molar-refractivity contribution in [1.82, 2.24) is 5.32 Å². The summed E-state index contributed by atoms with van der Waals surface area (Å²) in [6, 6.07) is 3.15. The van der Waals surface area contributed by atoms with Gasteiger partial charge in [0, 0.05) is 11.1 Å². The number of carbonyl (C=O) groups is 2. The molecule has 27 heavy (non-hydrogen) atoms. The Kier molecular flexibility index (Phi) is 4.70. The summed E-state index contributed by atoms with van der Waals surface area (Å²) in [5.41, 5.74) is 5.47. The molecule has 4 aliphatic rings. The Labute approximate surface area is 163 Å². The highest BCUT2D eigenvalue weighted by Gasteiger charge is 2.51. The highest BCUT2D eigenvalue weighted by molar-refractivity contribution is 6.32. The van der Waals surface area contributed by atoms with Gasteiger partial charge in [0.2, 0.25) is 0 Å². The van der Waals surface area contributed by atoms with Crippen molar-refractivity contribution in [3.8, 4) is 11.5 Å². The van der Waals surface area contributed by atoms with Gasteiger partial charge in [-0.1, -0.05) is 11.6 Å². The molecule has 0 aliphatic heterocycles. The van der Waals surface area contributed by atoms with Gasteiger partial charge in [-0.25, -0.2) is 0 Å². The quantitative estimate of drug-likeness (QED) is 0.778. The number of nitrogens with one attached hydrogen (secondary N) is 1. The van der Waals surface area contributed by atoms with Crippen LogP contribution in [0.1, 0.15) is 48.9 Å². The van der Waals surface area contributed by atoms with E-state index in [1.165, 1.54) is 26.4 Å². The van der Waals surface area contributed by atoms with Crippen LogP contribution in [0.2, 0.25) is 5.02 Å². The lowest BCUT2D eigenvalue weighted by atomic mass is 9.53. The molecule has 7 heteroatoms. The molecule has 4 bridgehead atoms. The molecule has 0 heterocycles. The second-order valence-corrected chi connectivity index (χ2v) is 8.80. The summed E-state index contributed by atoms with van der Waals surface area (Å²) in [5, 5.41) is 3.54. The minimum Gasteiger partial charge on any atom is -0.493 e. The molecule has 6 nitrogen and oxygen atoms in total. The first kappa shape index (κ1) is 18.4. The largest absolute Gasteiger partial charge is 0.493 e. The van der Waals surface area contributed by atoms with Crippen LogP contribution in [0.3, 0.4) is 0 Å². The second-order valence-electron chi connectivity index (χ2n) is 8.40. The van der Waals surface area contributed by atoms with Gasteiger partial charge in [0.25, 0.3) is 11.8 Å². The van der Waals surface area contributed by atoms with E-state index in [0.29, 0.717) is 11.3 Å². The summed E-state index contributed by atoms with van der Waals surface area (Å²) in [5.74, 6) is 2.01. The number of hydrogen-bond donors (Lipinski definition) is 2. The first-order valence-corrected chi connectivity index (χ1v) is 9.86. The van der Waals surface area contributed by atoms with Crippen molar-refractivity contribution < 1.29 is 19.1 Å². The van der Waals surface area contributed by atoms with E-state index in [9.17, 15) is 9.59 Å². The van der Waals surface area contributed by atoms with Crippen LogP contribution in [0, 0.1) is 17.8 Å². The molecular formula is C20H25ClN2O4. The summed E-state index contributed by atoms with van der Waals surface area (Å²) in [4.78, 5) is 23.9. The molecule has 4 saturated carbocycles. The van der Waals surface area contributed by atoms with Crippen molar-refractivity contribution in [1.29, 1.82) is 0 Å². The van der Waals surface area contributed by atoms with Crippen molar-refractivity contribution >= 4 is 23.4 Å². The lowest BCUT2D eigenvalue weighted by Crippen LogP contribution is -2.59. The average Bonchev–Trinajstić information content (AvgIpc) is 2.58. The Morgan fingerprint density at radius 1 is 1.19 bits per heavy atom. The van der Waals surface area contributed by atoms with Crippen LogP contribution < -0.4 is 20.5 Å². The zero-order valence-corrected chi connectivity index (χ0v) is 16.2. The lowest BCUT2D eigenvalue weighted by Gasteiger charge is -2.56. The molecule has 2 amide bonds. The molecule has 3 N–H and O–H groups in total. The summed E-state index contributed by atoms with van der Waals surface area (Å²) >= 11 is 6.28. The number of methoxy groups -OCH3 is 1. The maximum absolute atomic E-state index is 13.0. The predicted octanol–water partition coefficient (Wildman–Crippen LogP) is 2.91. The van der Waals surface area contributed by atoms with Gasteiger partial charge in [-0.05, 0) is 68.4 Å². The van der Waals surface area contributed by atoms with E-state index in [1.54, 1.807) is 12.1 Å². The molecule has 0 atom stereocenters. The van der Waals surface area contributed by atoms with E-state index < -0.39 is 5.91 Å². The zero-order chi connectivity index (χ0) is 19.2. The predicted molar refractivity (Wildman–Crippen MR) is 101 cm³/mol. The first-order chi connectivity index (χ1) is 12.9. The fourth-order valence-electron chi connectivity index (χ4n) is 5.71. The molecule has 5 rings (SSSR count). The van der Waals surface area contributed by atoms with Crippen LogP contribution in [0.4, 0.5) is 0 Å². The Balaban J connectivity index is 1.53. The molecule has 0 radical (unpaired) electrons. The maximum atomic E-state index is 13.0. The summed E-state index contributed by atoms with van der Waals surface area (Å²) in [6.07, 6.45) is 7.20. The topological polar surface area (TPSA) is 90.7 Å². The number of ether oxygens (including phenoxy) is 2. The SMILES string of the molecule is COc1cc(C(=O)NC23CC4CC(CC(C4)C2)C3)cc(Cl)c1OCC(N)=O. The van der Waals surface area contributed by atoms with E-state index >= 15 is 0 Å². The van der Waals surface area contributed by atoms with Crippen molar-refractivity contribution in [2.24, 2.45) is 23.5 Å². The molecule has 0 saturated heterocycles. The third-order valence-electron chi connectivity index (χ3n) is 6.27. The van der Waals surface area contributed by atoms with Crippen LogP contribution >= 0.6 is 11.6 Å². The Bertz CT molecular complexity index is 744. The molecule has 0 spiro atoms. The van der Waals surface area contributed by atoms with Crippen LogP contribution in [-0.2, 0) is 4.79 Å². The standard InChI is InChI=1S/C20H25ClN2O4/c1-26-16-6-14(5-15(21)18(16)27-10-17(22)24)19(25)23-20-7-11-2-12(8-20)4-13(3-11)9-20/h5-6,11-13H,2-4,7-10H2,1H3,(H2,22,24)(H,23,25). The molecule has 0 unspecified atom stereocenters. The van der Waals surface area contributed by atoms with E-state index in [1.807, 2.05) is 0 Å². The van der Waals surface area contributed by atoms with Crippen molar-refractivity contribution in [3.63, 3.8) is 0 Å². The van der Waals surface area contributed by atoms with Gasteiger partial charge in [0.1, 0.15) is 0 Å². The maximum Gasteiger partial charge on any atom is 0.255 e. The number of benzene rings is 1. The third-order valence-corrected chi connectivity index (χ3v) is 6.55. The van der Waals surface area contributed by atoms with Crippen molar-refractivity contribution in [2.45, 2.75) is 44.1 Å². The van der Waals surface area contributed by atoms with Gasteiger partial charge in [-0.3, -0.25) is 9.59 Å². The van der Waals surface area contributed by atoms with Crippen LogP contribution in [0.25, 0.3) is 0 Å². The molecule has 1 aromatic carbocycles. The van der Waals surface area contributed by atoms with E-state index in [2.05, 4.69) is 5.32 Å². The molecule has 4 fully saturated rings. The van der Waals surface area contributed by atoms with Crippen molar-refractivity contribution in [3.05, 3.63) is 22.7 Å². The summed E-state index contributed by atoms with van der Waals surface area (Å²) in [6.45, 7) is -0.311. The number of primary amides is 1. The monoisotopic (exact) mass is 392 g/mol. The summed E-state index contributed by atoms with van der Waals surface area (Å²) in [7, 11) is 1.46. The number of rotatable bonds is 6. The van der Waals surface area contributed by atoms with Gasteiger partial charge >= 0.3 is 0 Å². The van der Waals surface area contributed by atoms with Gasteiger partial charge in [0.15, 0.2) is 18.1 Å². The van der Waals surface area contributed by atoms with E-state index in [-0.39, 0.29) is 28.8 Å². The molecule has 4 aliphatic carbocycles. The van der Waals surface area contributed by atoms with Crippen LogP contribution in [0.5, 0.6) is 11.5 Å². The minimum atomic E-state index is -0.614. The van der Waals surface area contributed by atoms with Gasteiger partial charge < -0.3 is 20.5 Å². The Morgan fingerprint density at radius 3 is 2.30 bits per heavy atom. The highest BCUT2D eigenvalue weighted by atomic mass is 35.5. The normalized spacial score (nSPS) is 30.8. The van der Waals surface area contributed by atoms with Gasteiger partial charge in [-0.15, -0.1) is 0 Å². The highest BCUT2D eigenvalue weighted by Crippen LogP contribution is 2.55. The first-order valence-electron chi connectivity index (χ1n) is 9.48. The van der Waals surface area contributed by atoms with Gasteiger partial charge in [0.05, 0.1) is 12.1 Å². The Hall–Kier alpha value is -1.95. The van der Waals surface area contributed by atoms with Crippen LogP contribution in [-0.4, -0.2) is 31.1 Å². The minimum absolute atomic E-state index is 0.0767. The fraction of sp³-hybridized carbons (Fsp3) is 0.600. The Morgan fingerprint density at radius 2 is 1.78 bits per heavy atom. The molecule has 146 valence electrons. The molecule has 0 aromatic heterocycles. The lowest BCUT2D eigenvalue weighted by molar-refractivity contribution is -0.119.